The van der Waals surface area contributed by atoms with Gasteiger partial charge >= 0.3 is 0 Å². The number of thiazole rings is 1. The summed E-state index contributed by atoms with van der Waals surface area (Å²) in [7, 11) is 0. The van der Waals surface area contributed by atoms with E-state index in [1.165, 1.54) is 5.56 Å². The molecule has 27 heavy (non-hydrogen) atoms. The van der Waals surface area contributed by atoms with E-state index in [4.69, 9.17) is 0 Å². The van der Waals surface area contributed by atoms with Crippen LogP contribution in [0.15, 0.2) is 66.9 Å². The topological polar surface area (TPSA) is 54.9 Å². The lowest BCUT2D eigenvalue weighted by Crippen LogP contribution is -2.13. The molecule has 134 valence electrons. The highest BCUT2D eigenvalue weighted by Gasteiger charge is 2.11. The van der Waals surface area contributed by atoms with Gasteiger partial charge in [0.1, 0.15) is 15.4 Å². The molecule has 5 heteroatoms. The summed E-state index contributed by atoms with van der Waals surface area (Å²) in [6.45, 7) is 2.00. The van der Waals surface area contributed by atoms with Crippen LogP contribution in [0.4, 0.5) is 5.69 Å². The average molecular weight is 373 g/mol. The maximum atomic E-state index is 12.4. The minimum Gasteiger partial charge on any atom is -0.326 e. The van der Waals surface area contributed by atoms with Crippen LogP contribution >= 0.6 is 11.3 Å². The first-order chi connectivity index (χ1) is 13.2. The molecule has 1 N–H and O–H groups in total. The molecule has 0 atom stereocenters. The van der Waals surface area contributed by atoms with E-state index in [9.17, 15) is 4.79 Å². The van der Waals surface area contributed by atoms with Crippen molar-refractivity contribution in [2.75, 3.05) is 5.32 Å². The zero-order valence-corrected chi connectivity index (χ0v) is 15.8. The zero-order valence-electron chi connectivity index (χ0n) is 15.0. The number of fused-ring (bicyclic) bond motifs is 1. The molecule has 0 radical (unpaired) electrons. The van der Waals surface area contributed by atoms with Crippen LogP contribution in [0.3, 0.4) is 0 Å². The van der Waals surface area contributed by atoms with E-state index < -0.39 is 0 Å². The normalized spacial score (nSPS) is 10.9. The number of nitrogens with zero attached hydrogens (tertiary/aromatic N) is 2. The molecule has 0 saturated carbocycles. The van der Waals surface area contributed by atoms with Gasteiger partial charge in [-0.1, -0.05) is 53.8 Å². The molecule has 4 rings (SSSR count). The zero-order chi connectivity index (χ0) is 18.6. The van der Waals surface area contributed by atoms with Crippen LogP contribution in [0.5, 0.6) is 0 Å². The fourth-order valence-corrected chi connectivity index (χ4v) is 3.80. The first kappa shape index (κ1) is 17.4. The number of nitrogens with one attached hydrogen (secondary N) is 1. The molecular weight excluding hydrogens is 354 g/mol. The minimum atomic E-state index is 0.0186. The fourth-order valence-electron chi connectivity index (χ4n) is 2.90. The van der Waals surface area contributed by atoms with E-state index in [1.54, 1.807) is 17.5 Å². The molecule has 4 nitrogen and oxygen atoms in total. The maximum absolute atomic E-state index is 12.4. The van der Waals surface area contributed by atoms with Gasteiger partial charge in [-0.25, -0.2) is 9.97 Å². The number of hydrogen-bond donors (Lipinski definition) is 1. The Bertz CT molecular complexity index is 1060. The third-order valence-electron chi connectivity index (χ3n) is 4.41. The van der Waals surface area contributed by atoms with Gasteiger partial charge in [-0.3, -0.25) is 4.79 Å². The molecule has 2 heterocycles. The van der Waals surface area contributed by atoms with Crippen molar-refractivity contribution in [3.63, 3.8) is 0 Å². The summed E-state index contributed by atoms with van der Waals surface area (Å²) in [5.41, 5.74) is 4.91. The first-order valence-corrected chi connectivity index (χ1v) is 9.67. The largest absolute Gasteiger partial charge is 0.326 e. The Morgan fingerprint density at radius 2 is 1.93 bits per heavy atom. The number of pyridine rings is 1. The van der Waals surface area contributed by atoms with Gasteiger partial charge in [0, 0.05) is 23.9 Å². The summed E-state index contributed by atoms with van der Waals surface area (Å²) >= 11 is 1.56. The van der Waals surface area contributed by atoms with Gasteiger partial charge in [-0.2, -0.15) is 0 Å². The molecule has 0 saturated heterocycles. The molecule has 0 aliphatic heterocycles. The van der Waals surface area contributed by atoms with Gasteiger partial charge in [0.2, 0.25) is 5.91 Å². The SMILES string of the molecule is Cc1ccc(-c2nc3cccnc3s2)cc1NC(=O)CCc1ccccc1. The lowest BCUT2D eigenvalue weighted by Gasteiger charge is -2.10. The molecule has 2 aromatic heterocycles. The highest BCUT2D eigenvalue weighted by molar-refractivity contribution is 7.21. The highest BCUT2D eigenvalue weighted by Crippen LogP contribution is 2.31. The lowest BCUT2D eigenvalue weighted by atomic mass is 10.1. The van der Waals surface area contributed by atoms with E-state index in [1.807, 2.05) is 67.6 Å². The van der Waals surface area contributed by atoms with Crippen LogP contribution in [0.25, 0.3) is 20.9 Å². The quantitative estimate of drug-likeness (QED) is 0.521. The second kappa shape index (κ2) is 7.68. The summed E-state index contributed by atoms with van der Waals surface area (Å²) in [5, 5.41) is 3.95. The molecule has 4 aromatic rings. The van der Waals surface area contributed by atoms with Crippen molar-refractivity contribution in [1.29, 1.82) is 0 Å². The van der Waals surface area contributed by atoms with Crippen molar-refractivity contribution >= 4 is 33.3 Å². The van der Waals surface area contributed by atoms with Crippen molar-refractivity contribution < 1.29 is 4.79 Å². The molecule has 0 bridgehead atoms. The van der Waals surface area contributed by atoms with Crippen LogP contribution in [-0.4, -0.2) is 15.9 Å². The Hall–Kier alpha value is -3.05. The average Bonchev–Trinajstić information content (AvgIpc) is 3.13. The van der Waals surface area contributed by atoms with E-state index in [0.29, 0.717) is 6.42 Å². The van der Waals surface area contributed by atoms with Crippen molar-refractivity contribution in [3.05, 3.63) is 78.0 Å². The molecule has 1 amide bonds. The van der Waals surface area contributed by atoms with Crippen LogP contribution in [-0.2, 0) is 11.2 Å². The predicted octanol–water partition coefficient (Wildman–Crippen LogP) is 5.24. The number of rotatable bonds is 5. The number of carbonyl (C=O) groups excluding carboxylic acids is 1. The number of amides is 1. The monoisotopic (exact) mass is 373 g/mol. The van der Waals surface area contributed by atoms with Gasteiger partial charge in [0.05, 0.1) is 0 Å². The van der Waals surface area contributed by atoms with E-state index in [-0.39, 0.29) is 5.91 Å². The highest BCUT2D eigenvalue weighted by atomic mass is 32.1. The number of benzene rings is 2. The van der Waals surface area contributed by atoms with Crippen molar-refractivity contribution in [2.45, 2.75) is 19.8 Å². The van der Waals surface area contributed by atoms with E-state index in [0.717, 1.165) is 38.6 Å². The van der Waals surface area contributed by atoms with Crippen LogP contribution in [0.2, 0.25) is 0 Å². The summed E-state index contributed by atoms with van der Waals surface area (Å²) in [4.78, 5) is 22.3. The first-order valence-electron chi connectivity index (χ1n) is 8.85. The molecular formula is C22H19N3OS. The Labute approximate surface area is 161 Å². The molecule has 0 unspecified atom stereocenters. The summed E-state index contributed by atoms with van der Waals surface area (Å²) in [6.07, 6.45) is 2.96. The summed E-state index contributed by atoms with van der Waals surface area (Å²) in [6, 6.07) is 19.9. The van der Waals surface area contributed by atoms with Gasteiger partial charge in [0.15, 0.2) is 0 Å². The van der Waals surface area contributed by atoms with Gasteiger partial charge in [-0.05, 0) is 42.7 Å². The molecule has 0 aliphatic carbocycles. The van der Waals surface area contributed by atoms with Crippen molar-refractivity contribution in [2.24, 2.45) is 0 Å². The number of anilines is 1. The Balaban J connectivity index is 1.51. The van der Waals surface area contributed by atoms with E-state index >= 15 is 0 Å². The smallest absolute Gasteiger partial charge is 0.224 e. The standard InChI is InChI=1S/C22H19N3OS/c1-15-9-11-17(21-25-18-8-5-13-23-22(18)27-21)14-19(15)24-20(26)12-10-16-6-3-2-4-7-16/h2-9,11,13-14H,10,12H2,1H3,(H,24,26). The Morgan fingerprint density at radius 1 is 1.07 bits per heavy atom. The number of aromatic nitrogens is 2. The fraction of sp³-hybridized carbons (Fsp3) is 0.136. The maximum Gasteiger partial charge on any atom is 0.224 e. The van der Waals surface area contributed by atoms with Crippen molar-refractivity contribution in [1.82, 2.24) is 9.97 Å². The van der Waals surface area contributed by atoms with Crippen LogP contribution in [0, 0.1) is 6.92 Å². The van der Waals surface area contributed by atoms with Crippen LogP contribution in [0.1, 0.15) is 17.5 Å². The minimum absolute atomic E-state index is 0.0186. The Kier molecular flexibility index (Phi) is 4.94. The van der Waals surface area contributed by atoms with Crippen molar-refractivity contribution in [3.8, 4) is 10.6 Å². The second-order valence-corrected chi connectivity index (χ2v) is 7.39. The number of aryl methyl sites for hydroxylation is 2. The number of hydrogen-bond acceptors (Lipinski definition) is 4. The summed E-state index contributed by atoms with van der Waals surface area (Å²) in [5.74, 6) is 0.0186. The molecule has 0 aliphatic rings. The predicted molar refractivity (Wildman–Crippen MR) is 111 cm³/mol. The molecule has 0 spiro atoms. The van der Waals surface area contributed by atoms with E-state index in [2.05, 4.69) is 15.3 Å². The summed E-state index contributed by atoms with van der Waals surface area (Å²) < 4.78 is 0. The Morgan fingerprint density at radius 3 is 2.74 bits per heavy atom. The third-order valence-corrected chi connectivity index (χ3v) is 5.44. The van der Waals surface area contributed by atoms with Crippen LogP contribution < -0.4 is 5.32 Å². The van der Waals surface area contributed by atoms with Gasteiger partial charge in [-0.15, -0.1) is 0 Å². The van der Waals surface area contributed by atoms with Gasteiger partial charge in [0.25, 0.3) is 0 Å². The molecule has 0 fully saturated rings. The lowest BCUT2D eigenvalue weighted by molar-refractivity contribution is -0.116. The van der Waals surface area contributed by atoms with Gasteiger partial charge < -0.3 is 5.32 Å². The molecule has 2 aromatic carbocycles. The second-order valence-electron chi connectivity index (χ2n) is 6.41. The number of carbonyl (C=O) groups is 1. The third kappa shape index (κ3) is 4.04.